The van der Waals surface area contributed by atoms with Crippen molar-refractivity contribution in [2.24, 2.45) is 0 Å². The first-order chi connectivity index (χ1) is 9.47. The summed E-state index contributed by atoms with van der Waals surface area (Å²) < 4.78 is 20.6. The molecule has 2 rings (SSSR count). The van der Waals surface area contributed by atoms with Gasteiger partial charge < -0.3 is 4.74 Å². The molecule has 6 heteroatoms. The van der Waals surface area contributed by atoms with Crippen LogP contribution >= 0.6 is 11.6 Å². The van der Waals surface area contributed by atoms with Gasteiger partial charge >= 0.3 is 0 Å². The molecule has 1 aromatic heterocycles. The van der Waals surface area contributed by atoms with Crippen LogP contribution in [-0.4, -0.2) is 22.7 Å². The Labute approximate surface area is 121 Å². The second kappa shape index (κ2) is 5.63. The minimum absolute atomic E-state index is 0.0555. The zero-order valence-electron chi connectivity index (χ0n) is 11.4. The standard InChI is InChI=1S/C14H14ClFN2O2/c1-8(2)18-13(11(20-3)7-17-18)14(19)9-5-4-6-10(15)12(9)16/h4-8H,1-3H3. The number of hydrogen-bond acceptors (Lipinski definition) is 3. The van der Waals surface area contributed by atoms with E-state index in [0.29, 0.717) is 5.75 Å². The molecule has 0 N–H and O–H groups in total. The predicted molar refractivity (Wildman–Crippen MR) is 74.0 cm³/mol. The third-order valence-corrected chi connectivity index (χ3v) is 3.17. The van der Waals surface area contributed by atoms with Crippen molar-refractivity contribution in [3.63, 3.8) is 0 Å². The summed E-state index contributed by atoms with van der Waals surface area (Å²) in [6.07, 6.45) is 1.44. The van der Waals surface area contributed by atoms with E-state index >= 15 is 0 Å². The highest BCUT2D eigenvalue weighted by Gasteiger charge is 2.25. The molecule has 2 aromatic rings. The van der Waals surface area contributed by atoms with Gasteiger partial charge in [-0.2, -0.15) is 5.10 Å². The highest BCUT2D eigenvalue weighted by molar-refractivity contribution is 6.31. The number of ether oxygens (including phenoxy) is 1. The number of methoxy groups -OCH3 is 1. The Morgan fingerprint density at radius 3 is 2.75 bits per heavy atom. The van der Waals surface area contributed by atoms with Gasteiger partial charge in [0, 0.05) is 6.04 Å². The third kappa shape index (κ3) is 2.41. The molecule has 106 valence electrons. The molecule has 0 amide bonds. The van der Waals surface area contributed by atoms with E-state index in [2.05, 4.69) is 5.10 Å². The number of aromatic nitrogens is 2. The summed E-state index contributed by atoms with van der Waals surface area (Å²) in [7, 11) is 1.44. The van der Waals surface area contributed by atoms with Crippen LogP contribution < -0.4 is 4.74 Å². The Morgan fingerprint density at radius 2 is 2.15 bits per heavy atom. The van der Waals surface area contributed by atoms with Crippen molar-refractivity contribution < 1.29 is 13.9 Å². The number of halogens is 2. The average Bonchev–Trinajstić information content (AvgIpc) is 2.85. The highest BCUT2D eigenvalue weighted by atomic mass is 35.5. The first-order valence-electron chi connectivity index (χ1n) is 6.07. The fourth-order valence-corrected chi connectivity index (χ4v) is 2.08. The minimum atomic E-state index is -0.738. The van der Waals surface area contributed by atoms with E-state index < -0.39 is 11.6 Å². The van der Waals surface area contributed by atoms with Crippen molar-refractivity contribution >= 4 is 17.4 Å². The minimum Gasteiger partial charge on any atom is -0.493 e. The second-order valence-corrected chi connectivity index (χ2v) is 4.94. The lowest BCUT2D eigenvalue weighted by atomic mass is 10.1. The van der Waals surface area contributed by atoms with E-state index in [-0.39, 0.29) is 22.3 Å². The maximum atomic E-state index is 14.0. The van der Waals surface area contributed by atoms with Crippen LogP contribution in [0.4, 0.5) is 4.39 Å². The van der Waals surface area contributed by atoms with E-state index in [0.717, 1.165) is 0 Å². The van der Waals surface area contributed by atoms with Crippen LogP contribution in [0.1, 0.15) is 35.9 Å². The molecule has 0 fully saturated rings. The maximum absolute atomic E-state index is 14.0. The van der Waals surface area contributed by atoms with Crippen LogP contribution in [0.25, 0.3) is 0 Å². The molecule has 0 unspecified atom stereocenters. The Bertz CT molecular complexity index is 653. The number of benzene rings is 1. The van der Waals surface area contributed by atoms with Crippen LogP contribution in [0.3, 0.4) is 0 Å². The average molecular weight is 297 g/mol. The molecule has 1 heterocycles. The van der Waals surface area contributed by atoms with E-state index in [9.17, 15) is 9.18 Å². The zero-order chi connectivity index (χ0) is 14.9. The molecule has 20 heavy (non-hydrogen) atoms. The van der Waals surface area contributed by atoms with Crippen molar-refractivity contribution in [3.8, 4) is 5.75 Å². The first-order valence-corrected chi connectivity index (χ1v) is 6.45. The Balaban J connectivity index is 2.58. The molecule has 0 radical (unpaired) electrons. The van der Waals surface area contributed by atoms with Gasteiger partial charge in [0.05, 0.1) is 23.9 Å². The quantitative estimate of drug-likeness (QED) is 0.811. The number of rotatable bonds is 4. The maximum Gasteiger partial charge on any atom is 0.217 e. The van der Waals surface area contributed by atoms with Gasteiger partial charge in [0.15, 0.2) is 17.3 Å². The molecule has 0 bridgehead atoms. The van der Waals surface area contributed by atoms with Crippen LogP contribution in [0, 0.1) is 5.82 Å². The largest absolute Gasteiger partial charge is 0.493 e. The number of nitrogens with zero attached hydrogens (tertiary/aromatic N) is 2. The smallest absolute Gasteiger partial charge is 0.217 e. The van der Waals surface area contributed by atoms with Gasteiger partial charge in [-0.15, -0.1) is 0 Å². The monoisotopic (exact) mass is 296 g/mol. The molecular weight excluding hydrogens is 283 g/mol. The van der Waals surface area contributed by atoms with E-state index in [1.165, 1.54) is 36.2 Å². The Morgan fingerprint density at radius 1 is 1.45 bits per heavy atom. The van der Waals surface area contributed by atoms with Gasteiger partial charge in [0.1, 0.15) is 0 Å². The van der Waals surface area contributed by atoms with Gasteiger partial charge in [-0.3, -0.25) is 9.48 Å². The van der Waals surface area contributed by atoms with Crippen molar-refractivity contribution in [1.29, 1.82) is 0 Å². The molecule has 0 saturated carbocycles. The van der Waals surface area contributed by atoms with Crippen LogP contribution in [-0.2, 0) is 0 Å². The van der Waals surface area contributed by atoms with Gasteiger partial charge in [-0.25, -0.2) is 4.39 Å². The SMILES string of the molecule is COc1cnn(C(C)C)c1C(=O)c1cccc(Cl)c1F. The summed E-state index contributed by atoms with van der Waals surface area (Å²) in [4.78, 5) is 12.5. The summed E-state index contributed by atoms with van der Waals surface area (Å²) in [5.41, 5.74) is 0.113. The van der Waals surface area contributed by atoms with Gasteiger partial charge in [0.2, 0.25) is 5.78 Å². The molecule has 0 spiro atoms. The fraction of sp³-hybridized carbons (Fsp3) is 0.286. The van der Waals surface area contributed by atoms with Gasteiger partial charge in [-0.05, 0) is 26.0 Å². The molecule has 0 aliphatic carbocycles. The zero-order valence-corrected chi connectivity index (χ0v) is 12.1. The number of carbonyl (C=O) groups excluding carboxylic acids is 1. The number of hydrogen-bond donors (Lipinski definition) is 0. The summed E-state index contributed by atoms with van der Waals surface area (Å²) in [6.45, 7) is 3.75. The lowest BCUT2D eigenvalue weighted by Gasteiger charge is -2.12. The predicted octanol–water partition coefficient (Wildman–Crippen LogP) is 3.50. The van der Waals surface area contributed by atoms with E-state index in [1.54, 1.807) is 0 Å². The van der Waals surface area contributed by atoms with Crippen molar-refractivity contribution in [3.05, 3.63) is 46.5 Å². The van der Waals surface area contributed by atoms with Crippen molar-refractivity contribution in [2.45, 2.75) is 19.9 Å². The van der Waals surface area contributed by atoms with Crippen LogP contribution in [0.2, 0.25) is 5.02 Å². The lowest BCUT2D eigenvalue weighted by molar-refractivity contribution is 0.102. The molecule has 0 aliphatic rings. The summed E-state index contributed by atoms with van der Waals surface area (Å²) in [5.74, 6) is -0.936. The van der Waals surface area contributed by atoms with Crippen molar-refractivity contribution in [1.82, 2.24) is 9.78 Å². The molecular formula is C14H14ClFN2O2. The lowest BCUT2D eigenvalue weighted by Crippen LogP contribution is -2.15. The Hall–Kier alpha value is -1.88. The van der Waals surface area contributed by atoms with Crippen LogP contribution in [0.5, 0.6) is 5.75 Å². The van der Waals surface area contributed by atoms with Crippen molar-refractivity contribution in [2.75, 3.05) is 7.11 Å². The number of carbonyl (C=O) groups is 1. The Kier molecular flexibility index (Phi) is 4.09. The first kappa shape index (κ1) is 14.5. The summed E-state index contributed by atoms with van der Waals surface area (Å²) >= 11 is 5.71. The molecule has 0 aliphatic heterocycles. The highest BCUT2D eigenvalue weighted by Crippen LogP contribution is 2.27. The molecule has 1 aromatic carbocycles. The normalized spacial score (nSPS) is 10.9. The topological polar surface area (TPSA) is 44.1 Å². The van der Waals surface area contributed by atoms with E-state index in [4.69, 9.17) is 16.3 Å². The second-order valence-electron chi connectivity index (χ2n) is 4.53. The van der Waals surface area contributed by atoms with Gasteiger partial charge in [-0.1, -0.05) is 17.7 Å². The fourth-order valence-electron chi connectivity index (χ4n) is 1.91. The molecule has 0 saturated heterocycles. The third-order valence-electron chi connectivity index (χ3n) is 2.88. The van der Waals surface area contributed by atoms with Crippen LogP contribution in [0.15, 0.2) is 24.4 Å². The van der Waals surface area contributed by atoms with E-state index in [1.807, 2.05) is 13.8 Å². The molecule has 0 atom stereocenters. The summed E-state index contributed by atoms with van der Waals surface area (Å²) in [6, 6.07) is 4.26. The summed E-state index contributed by atoms with van der Waals surface area (Å²) in [5, 5.41) is 4.01. The molecule has 4 nitrogen and oxygen atoms in total. The van der Waals surface area contributed by atoms with Gasteiger partial charge in [0.25, 0.3) is 0 Å². The number of ketones is 1.